The second kappa shape index (κ2) is 4.83. The second-order valence-electron chi connectivity index (χ2n) is 5.12. The smallest absolute Gasteiger partial charge is 0.0159 e. The molecule has 0 heteroatoms. The lowest BCUT2D eigenvalue weighted by molar-refractivity contribution is 0.440. The lowest BCUT2D eigenvalue weighted by Crippen LogP contribution is -2.07. The number of rotatable bonds is 2. The highest BCUT2D eigenvalue weighted by atomic mass is 14.2. The highest BCUT2D eigenvalue weighted by Crippen LogP contribution is 2.36. The molecular formula is C15H22. The van der Waals surface area contributed by atoms with Crippen LogP contribution in [-0.2, 0) is 0 Å². The normalized spacial score (nSPS) is 18.3. The van der Waals surface area contributed by atoms with Gasteiger partial charge >= 0.3 is 0 Å². The SMILES string of the molecule is CC(C)c1ccccc1C1CCCCC1. The summed E-state index contributed by atoms with van der Waals surface area (Å²) >= 11 is 0. The summed E-state index contributed by atoms with van der Waals surface area (Å²) in [4.78, 5) is 0. The van der Waals surface area contributed by atoms with Gasteiger partial charge in [0.05, 0.1) is 0 Å². The molecule has 1 aromatic rings. The molecule has 0 N–H and O–H groups in total. The minimum atomic E-state index is 0.670. The van der Waals surface area contributed by atoms with Crippen LogP contribution in [0.25, 0.3) is 0 Å². The first-order valence-corrected chi connectivity index (χ1v) is 6.38. The monoisotopic (exact) mass is 202 g/mol. The van der Waals surface area contributed by atoms with Gasteiger partial charge in [-0.05, 0) is 35.8 Å². The molecule has 82 valence electrons. The Hall–Kier alpha value is -0.780. The molecule has 1 aliphatic carbocycles. The van der Waals surface area contributed by atoms with Gasteiger partial charge in [-0.15, -0.1) is 0 Å². The zero-order valence-corrected chi connectivity index (χ0v) is 10.00. The van der Waals surface area contributed by atoms with Crippen molar-refractivity contribution in [3.63, 3.8) is 0 Å². The predicted molar refractivity (Wildman–Crippen MR) is 66.4 cm³/mol. The fraction of sp³-hybridized carbons (Fsp3) is 0.600. The van der Waals surface area contributed by atoms with Gasteiger partial charge in [0.1, 0.15) is 0 Å². The molecule has 0 aromatic heterocycles. The largest absolute Gasteiger partial charge is 0.0620 e. The predicted octanol–water partition coefficient (Wildman–Crippen LogP) is 4.86. The van der Waals surface area contributed by atoms with Gasteiger partial charge in [0, 0.05) is 0 Å². The Morgan fingerprint density at radius 1 is 1.00 bits per heavy atom. The maximum Gasteiger partial charge on any atom is -0.0159 e. The molecule has 0 unspecified atom stereocenters. The fourth-order valence-corrected chi connectivity index (χ4v) is 2.82. The van der Waals surface area contributed by atoms with E-state index in [1.807, 2.05) is 0 Å². The molecule has 1 aromatic carbocycles. The van der Waals surface area contributed by atoms with E-state index in [4.69, 9.17) is 0 Å². The van der Waals surface area contributed by atoms with E-state index in [0.29, 0.717) is 5.92 Å². The average molecular weight is 202 g/mol. The molecule has 2 rings (SSSR count). The molecule has 1 fully saturated rings. The van der Waals surface area contributed by atoms with Gasteiger partial charge in [-0.25, -0.2) is 0 Å². The van der Waals surface area contributed by atoms with Crippen molar-refractivity contribution >= 4 is 0 Å². The van der Waals surface area contributed by atoms with E-state index in [9.17, 15) is 0 Å². The summed E-state index contributed by atoms with van der Waals surface area (Å²) in [6.07, 6.45) is 7.11. The topological polar surface area (TPSA) is 0 Å². The van der Waals surface area contributed by atoms with Crippen LogP contribution in [0.15, 0.2) is 24.3 Å². The van der Waals surface area contributed by atoms with Crippen LogP contribution in [0.4, 0.5) is 0 Å². The van der Waals surface area contributed by atoms with Crippen LogP contribution in [0, 0.1) is 0 Å². The molecule has 0 nitrogen and oxygen atoms in total. The second-order valence-corrected chi connectivity index (χ2v) is 5.12. The van der Waals surface area contributed by atoms with Crippen LogP contribution < -0.4 is 0 Å². The van der Waals surface area contributed by atoms with Crippen LogP contribution >= 0.6 is 0 Å². The van der Waals surface area contributed by atoms with Gasteiger partial charge in [-0.1, -0.05) is 57.4 Å². The number of hydrogen-bond acceptors (Lipinski definition) is 0. The molecule has 0 saturated heterocycles. The molecule has 0 amide bonds. The van der Waals surface area contributed by atoms with E-state index in [-0.39, 0.29) is 0 Å². The minimum absolute atomic E-state index is 0.670. The first-order valence-electron chi connectivity index (χ1n) is 6.38. The number of benzene rings is 1. The molecule has 0 spiro atoms. The fourth-order valence-electron chi connectivity index (χ4n) is 2.82. The molecule has 0 bridgehead atoms. The van der Waals surface area contributed by atoms with Gasteiger partial charge < -0.3 is 0 Å². The molecule has 1 saturated carbocycles. The molecular weight excluding hydrogens is 180 g/mol. The first kappa shape index (κ1) is 10.7. The third-order valence-electron chi connectivity index (χ3n) is 3.66. The van der Waals surface area contributed by atoms with Gasteiger partial charge in [-0.3, -0.25) is 0 Å². The van der Waals surface area contributed by atoms with Crippen LogP contribution in [0.2, 0.25) is 0 Å². The molecule has 0 heterocycles. The summed E-state index contributed by atoms with van der Waals surface area (Å²) in [5, 5.41) is 0. The minimum Gasteiger partial charge on any atom is -0.0620 e. The van der Waals surface area contributed by atoms with Gasteiger partial charge in [-0.2, -0.15) is 0 Å². The van der Waals surface area contributed by atoms with Crippen molar-refractivity contribution in [1.82, 2.24) is 0 Å². The quantitative estimate of drug-likeness (QED) is 0.642. The summed E-state index contributed by atoms with van der Waals surface area (Å²) < 4.78 is 0. The van der Waals surface area contributed by atoms with E-state index >= 15 is 0 Å². The summed E-state index contributed by atoms with van der Waals surface area (Å²) in [5.41, 5.74) is 3.21. The highest BCUT2D eigenvalue weighted by Gasteiger charge is 2.18. The zero-order chi connectivity index (χ0) is 10.7. The van der Waals surface area contributed by atoms with Crippen molar-refractivity contribution in [1.29, 1.82) is 0 Å². The van der Waals surface area contributed by atoms with Gasteiger partial charge in [0.25, 0.3) is 0 Å². The summed E-state index contributed by atoms with van der Waals surface area (Å²) in [6, 6.07) is 9.05. The van der Waals surface area contributed by atoms with Crippen LogP contribution in [0.1, 0.15) is 68.9 Å². The van der Waals surface area contributed by atoms with Crippen LogP contribution in [0.3, 0.4) is 0 Å². The standard InChI is InChI=1S/C15H22/c1-12(2)14-10-6-7-11-15(14)13-8-4-3-5-9-13/h6-7,10-13H,3-5,8-9H2,1-2H3. The van der Waals surface area contributed by atoms with Crippen molar-refractivity contribution in [3.05, 3.63) is 35.4 Å². The average Bonchev–Trinajstić information content (AvgIpc) is 2.30. The van der Waals surface area contributed by atoms with Gasteiger partial charge in [0.2, 0.25) is 0 Å². The molecule has 0 radical (unpaired) electrons. The Labute approximate surface area is 93.7 Å². The third kappa shape index (κ3) is 2.42. The lowest BCUT2D eigenvalue weighted by atomic mass is 9.80. The Kier molecular flexibility index (Phi) is 3.45. The zero-order valence-electron chi connectivity index (χ0n) is 10.00. The van der Waals surface area contributed by atoms with Crippen molar-refractivity contribution in [2.45, 2.75) is 57.8 Å². The Morgan fingerprint density at radius 2 is 1.67 bits per heavy atom. The lowest BCUT2D eigenvalue weighted by Gasteiger charge is -2.25. The van der Waals surface area contributed by atoms with Crippen molar-refractivity contribution in [3.8, 4) is 0 Å². The molecule has 15 heavy (non-hydrogen) atoms. The number of hydrogen-bond donors (Lipinski definition) is 0. The summed E-state index contributed by atoms with van der Waals surface area (Å²) in [7, 11) is 0. The Morgan fingerprint density at radius 3 is 2.33 bits per heavy atom. The van der Waals surface area contributed by atoms with E-state index in [0.717, 1.165) is 5.92 Å². The van der Waals surface area contributed by atoms with E-state index in [2.05, 4.69) is 38.1 Å². The molecule has 1 aliphatic rings. The van der Waals surface area contributed by atoms with Crippen LogP contribution in [-0.4, -0.2) is 0 Å². The van der Waals surface area contributed by atoms with E-state index in [1.54, 1.807) is 11.1 Å². The summed E-state index contributed by atoms with van der Waals surface area (Å²) in [5.74, 6) is 1.51. The van der Waals surface area contributed by atoms with Crippen molar-refractivity contribution < 1.29 is 0 Å². The maximum absolute atomic E-state index is 2.35. The molecule has 0 aliphatic heterocycles. The van der Waals surface area contributed by atoms with Crippen molar-refractivity contribution in [2.24, 2.45) is 0 Å². The Balaban J connectivity index is 2.25. The van der Waals surface area contributed by atoms with Crippen molar-refractivity contribution in [2.75, 3.05) is 0 Å². The van der Waals surface area contributed by atoms with Gasteiger partial charge in [0.15, 0.2) is 0 Å². The summed E-state index contributed by atoms with van der Waals surface area (Å²) in [6.45, 7) is 4.61. The molecule has 0 atom stereocenters. The maximum atomic E-state index is 2.35. The Bertz CT molecular complexity index is 306. The highest BCUT2D eigenvalue weighted by molar-refractivity contribution is 5.32. The van der Waals surface area contributed by atoms with Crippen LogP contribution in [0.5, 0.6) is 0 Å². The first-order chi connectivity index (χ1) is 7.29. The third-order valence-corrected chi connectivity index (χ3v) is 3.66. The van der Waals surface area contributed by atoms with E-state index in [1.165, 1.54) is 32.1 Å². The van der Waals surface area contributed by atoms with E-state index < -0.39 is 0 Å².